The number of anilines is 1. The highest BCUT2D eigenvalue weighted by Gasteiger charge is 2.51. The Hall–Kier alpha value is -2.36. The summed E-state index contributed by atoms with van der Waals surface area (Å²) in [5.74, 6) is 0.548. The molecule has 4 N–H and O–H groups in total. The third kappa shape index (κ3) is 5.10. The van der Waals surface area contributed by atoms with Crippen LogP contribution in [0.1, 0.15) is 38.7 Å². The maximum absolute atomic E-state index is 13.7. The zero-order chi connectivity index (χ0) is 23.9. The number of ether oxygens (including phenoxy) is 1. The van der Waals surface area contributed by atoms with Crippen LogP contribution in [-0.2, 0) is 0 Å². The molecule has 2 saturated carbocycles. The first-order chi connectivity index (χ1) is 15.6. The van der Waals surface area contributed by atoms with E-state index in [0.29, 0.717) is 23.1 Å². The lowest BCUT2D eigenvalue weighted by Crippen LogP contribution is -2.40. The fraction of sp³-hybridized carbons (Fsp3) is 0.652. The van der Waals surface area contributed by atoms with Gasteiger partial charge in [0.15, 0.2) is 11.6 Å². The van der Waals surface area contributed by atoms with E-state index in [1.807, 2.05) is 18.7 Å². The van der Waals surface area contributed by atoms with Gasteiger partial charge in [-0.25, -0.2) is 13.8 Å². The lowest BCUT2D eigenvalue weighted by atomic mass is 9.81. The number of fused-ring (bicyclic) bond motifs is 2. The molecule has 2 aliphatic carbocycles. The van der Waals surface area contributed by atoms with E-state index in [4.69, 9.17) is 16.5 Å². The molecule has 1 aromatic rings. The predicted molar refractivity (Wildman–Crippen MR) is 119 cm³/mol. The van der Waals surface area contributed by atoms with Crippen molar-refractivity contribution in [2.45, 2.75) is 64.1 Å². The van der Waals surface area contributed by atoms with Crippen LogP contribution < -0.4 is 16.2 Å². The van der Waals surface area contributed by atoms with Crippen molar-refractivity contribution in [3.8, 4) is 5.75 Å². The third-order valence-corrected chi connectivity index (χ3v) is 7.02. The normalized spacial score (nSPS) is 33.0. The number of nitrogen functional groups attached to an aromatic ring is 1. The van der Waals surface area contributed by atoms with E-state index in [1.165, 1.54) is 12.3 Å². The predicted octanol–water partition coefficient (Wildman–Crippen LogP) is 3.82. The minimum absolute atomic E-state index is 0.0411. The van der Waals surface area contributed by atoms with Crippen LogP contribution in [0.25, 0.3) is 5.70 Å². The fourth-order valence-corrected chi connectivity index (χ4v) is 5.66. The molecule has 4 rings (SSSR count). The lowest BCUT2D eigenvalue weighted by Gasteiger charge is -2.34. The quantitative estimate of drug-likeness (QED) is 0.468. The number of hydrogen-bond donors (Lipinski definition) is 2. The molecule has 0 amide bonds. The van der Waals surface area contributed by atoms with Crippen molar-refractivity contribution in [2.24, 2.45) is 28.5 Å². The van der Waals surface area contributed by atoms with Crippen LogP contribution >= 0.6 is 0 Å². The summed E-state index contributed by atoms with van der Waals surface area (Å²) >= 11 is 0. The number of rotatable bonds is 7. The van der Waals surface area contributed by atoms with Gasteiger partial charge in [0.05, 0.1) is 0 Å². The summed E-state index contributed by atoms with van der Waals surface area (Å²) in [5.41, 5.74) is 13.5. The zero-order valence-electron chi connectivity index (χ0n) is 18.8. The van der Waals surface area contributed by atoms with Gasteiger partial charge >= 0.3 is 6.61 Å². The molecular formula is C23H31F4N5O. The molecule has 3 fully saturated rings. The van der Waals surface area contributed by atoms with E-state index in [0.717, 1.165) is 25.0 Å². The number of likely N-dealkylation sites (tertiary alicyclic amines) is 1. The Morgan fingerprint density at radius 3 is 2.45 bits per heavy atom. The Morgan fingerprint density at radius 2 is 1.88 bits per heavy atom. The molecule has 6 nitrogen and oxygen atoms in total. The largest absolute Gasteiger partial charge is 0.431 e. The van der Waals surface area contributed by atoms with Gasteiger partial charge in [0.25, 0.3) is 0 Å². The van der Waals surface area contributed by atoms with Crippen LogP contribution in [0.5, 0.6) is 5.75 Å². The number of aliphatic imine (C=N–C) groups is 1. The Labute approximate surface area is 191 Å². The Kier molecular flexibility index (Phi) is 6.83. The monoisotopic (exact) mass is 469 g/mol. The van der Waals surface area contributed by atoms with Gasteiger partial charge in [-0.1, -0.05) is 0 Å². The number of alkyl halides is 4. The number of hydrogen-bond acceptors (Lipinski definition) is 6. The van der Waals surface area contributed by atoms with Crippen LogP contribution in [-0.4, -0.2) is 59.7 Å². The molecular weight excluding hydrogens is 438 g/mol. The molecule has 1 aliphatic heterocycles. The summed E-state index contributed by atoms with van der Waals surface area (Å²) in [7, 11) is 0. The Balaban J connectivity index is 1.52. The van der Waals surface area contributed by atoms with Crippen LogP contribution in [0.2, 0.25) is 0 Å². The van der Waals surface area contributed by atoms with Crippen molar-refractivity contribution in [3.05, 3.63) is 23.9 Å². The van der Waals surface area contributed by atoms with Crippen molar-refractivity contribution >= 4 is 17.2 Å². The molecule has 6 unspecified atom stereocenters. The highest BCUT2D eigenvalue weighted by Crippen LogP contribution is 2.51. The molecule has 182 valence electrons. The first kappa shape index (κ1) is 23.8. The molecule has 1 aromatic heterocycles. The zero-order valence-corrected chi connectivity index (χ0v) is 18.8. The van der Waals surface area contributed by atoms with Gasteiger partial charge in [0.2, 0.25) is 0 Å². The van der Waals surface area contributed by atoms with Gasteiger partial charge in [-0.05, 0) is 57.1 Å². The standard InChI is InChI=1S/C23H31F4N5O/c1-11(2)31-19(7-18(28)14-6-21(33-23(26)27)22(29)30-8-14)15-4-13-3-12(15)5-20(13)32-9-16(24)17(25)10-32/h6-8,11-13,15-17,20,23H,3-5,9-10,28H2,1-2H3,(H2,29,30). The van der Waals surface area contributed by atoms with Gasteiger partial charge in [0.1, 0.15) is 12.3 Å². The molecule has 6 atom stereocenters. The molecule has 2 bridgehead atoms. The van der Waals surface area contributed by atoms with Gasteiger partial charge in [-0.15, -0.1) is 0 Å². The number of nitrogens with zero attached hydrogens (tertiary/aromatic N) is 3. The smallest absolute Gasteiger partial charge is 0.387 e. The second-order valence-corrected chi connectivity index (χ2v) is 9.62. The van der Waals surface area contributed by atoms with Crippen LogP contribution in [0.4, 0.5) is 23.4 Å². The van der Waals surface area contributed by atoms with Crippen molar-refractivity contribution in [1.82, 2.24) is 9.88 Å². The fourth-order valence-electron chi connectivity index (χ4n) is 5.66. The van der Waals surface area contributed by atoms with Crippen molar-refractivity contribution < 1.29 is 22.3 Å². The molecule has 33 heavy (non-hydrogen) atoms. The first-order valence-electron chi connectivity index (χ1n) is 11.4. The number of allylic oxidation sites excluding steroid dienone is 1. The summed E-state index contributed by atoms with van der Waals surface area (Å²) in [6.45, 7) is 1.28. The van der Waals surface area contributed by atoms with E-state index >= 15 is 0 Å². The lowest BCUT2D eigenvalue weighted by molar-refractivity contribution is -0.0495. The van der Waals surface area contributed by atoms with Gasteiger partial charge in [-0.2, -0.15) is 8.78 Å². The van der Waals surface area contributed by atoms with Crippen molar-refractivity contribution in [3.63, 3.8) is 0 Å². The molecule has 2 heterocycles. The van der Waals surface area contributed by atoms with Gasteiger partial charge < -0.3 is 16.2 Å². The molecule has 10 heteroatoms. The maximum atomic E-state index is 13.7. The van der Waals surface area contributed by atoms with E-state index in [2.05, 4.69) is 9.72 Å². The van der Waals surface area contributed by atoms with Crippen molar-refractivity contribution in [1.29, 1.82) is 0 Å². The summed E-state index contributed by atoms with van der Waals surface area (Å²) in [5, 5.41) is 0. The molecule has 0 aromatic carbocycles. The summed E-state index contributed by atoms with van der Waals surface area (Å²) in [6, 6.07) is 1.60. The van der Waals surface area contributed by atoms with E-state index < -0.39 is 19.0 Å². The molecule has 0 radical (unpaired) electrons. The highest BCUT2D eigenvalue weighted by atomic mass is 19.3. The Morgan fingerprint density at radius 1 is 1.18 bits per heavy atom. The van der Waals surface area contributed by atoms with E-state index in [-0.39, 0.29) is 42.7 Å². The molecule has 3 aliphatic rings. The first-order valence-corrected chi connectivity index (χ1v) is 11.4. The minimum Gasteiger partial charge on any atom is -0.431 e. The molecule has 1 saturated heterocycles. The SMILES string of the molecule is CC(C)N=C(C=C(N)c1cnc(N)c(OC(F)F)c1)C1CC2CC1CC2N1CC(F)C(F)C1. The third-order valence-electron chi connectivity index (χ3n) is 7.02. The van der Waals surface area contributed by atoms with Crippen LogP contribution in [0, 0.1) is 17.8 Å². The van der Waals surface area contributed by atoms with Gasteiger partial charge in [-0.3, -0.25) is 9.89 Å². The number of aromatic nitrogens is 1. The van der Waals surface area contributed by atoms with Crippen LogP contribution in [0.3, 0.4) is 0 Å². The van der Waals surface area contributed by atoms with Gasteiger partial charge in [0, 0.05) is 54.3 Å². The number of pyridine rings is 1. The summed E-state index contributed by atoms with van der Waals surface area (Å²) < 4.78 is 57.2. The number of nitrogens with two attached hydrogens (primary N) is 2. The average molecular weight is 470 g/mol. The highest BCUT2D eigenvalue weighted by molar-refractivity contribution is 6.02. The topological polar surface area (TPSA) is 89.8 Å². The number of halogens is 4. The van der Waals surface area contributed by atoms with Crippen molar-refractivity contribution in [2.75, 3.05) is 18.8 Å². The summed E-state index contributed by atoms with van der Waals surface area (Å²) in [4.78, 5) is 10.7. The second kappa shape index (κ2) is 9.48. The average Bonchev–Trinajstić information content (AvgIpc) is 3.43. The molecule has 0 spiro atoms. The van der Waals surface area contributed by atoms with E-state index in [9.17, 15) is 17.6 Å². The maximum Gasteiger partial charge on any atom is 0.387 e. The minimum atomic E-state index is -3.02. The van der Waals surface area contributed by atoms with Crippen LogP contribution in [0.15, 0.2) is 23.3 Å². The second-order valence-electron chi connectivity index (χ2n) is 9.62. The van der Waals surface area contributed by atoms with E-state index in [1.54, 1.807) is 6.08 Å². The Bertz CT molecular complexity index is 914. The summed E-state index contributed by atoms with van der Waals surface area (Å²) in [6.07, 6.45) is 3.17.